The van der Waals surface area contributed by atoms with Crippen LogP contribution in [0.25, 0.3) is 10.9 Å². The van der Waals surface area contributed by atoms with Crippen LogP contribution in [-0.2, 0) is 13.1 Å². The van der Waals surface area contributed by atoms with Crippen LogP contribution in [0.4, 0.5) is 0 Å². The number of methoxy groups -OCH3 is 1. The van der Waals surface area contributed by atoms with Gasteiger partial charge in [0.05, 0.1) is 23.9 Å². The van der Waals surface area contributed by atoms with Gasteiger partial charge in [-0.05, 0) is 50.3 Å². The molecule has 1 heterocycles. The van der Waals surface area contributed by atoms with E-state index in [9.17, 15) is 4.79 Å². The van der Waals surface area contributed by atoms with Gasteiger partial charge in [0.15, 0.2) is 0 Å². The second kappa shape index (κ2) is 8.18. The van der Waals surface area contributed by atoms with E-state index in [4.69, 9.17) is 4.74 Å². The molecule has 140 valence electrons. The standard InChI is InChI=1S/C22H25N3O2/c1-15-20(11-18-9-10-19(27-4)12-21(18)24-15)22(26)23-13-16-5-7-17(8-6-16)14-25(2)3/h5-12H,13-14H2,1-4H3,(H,23,26). The van der Waals surface area contributed by atoms with Crippen molar-refractivity contribution >= 4 is 16.8 Å². The van der Waals surface area contributed by atoms with E-state index in [0.29, 0.717) is 17.8 Å². The largest absolute Gasteiger partial charge is 0.497 e. The van der Waals surface area contributed by atoms with Gasteiger partial charge in [-0.15, -0.1) is 0 Å². The average molecular weight is 363 g/mol. The molecule has 1 amide bonds. The quantitative estimate of drug-likeness (QED) is 0.728. The first-order chi connectivity index (χ1) is 13.0. The summed E-state index contributed by atoms with van der Waals surface area (Å²) < 4.78 is 5.23. The second-order valence-electron chi connectivity index (χ2n) is 6.92. The van der Waals surface area contributed by atoms with E-state index in [1.165, 1.54) is 5.56 Å². The lowest BCUT2D eigenvalue weighted by Crippen LogP contribution is -2.24. The normalized spacial score (nSPS) is 11.0. The van der Waals surface area contributed by atoms with Crippen LogP contribution in [-0.4, -0.2) is 37.0 Å². The Morgan fingerprint density at radius 3 is 2.44 bits per heavy atom. The molecule has 3 rings (SSSR count). The highest BCUT2D eigenvalue weighted by Crippen LogP contribution is 2.21. The molecule has 5 heteroatoms. The number of fused-ring (bicyclic) bond motifs is 1. The molecule has 0 radical (unpaired) electrons. The summed E-state index contributed by atoms with van der Waals surface area (Å²) in [6, 6.07) is 15.8. The molecule has 0 bridgehead atoms. The smallest absolute Gasteiger partial charge is 0.253 e. The fraction of sp³-hybridized carbons (Fsp3) is 0.273. The number of aryl methyl sites for hydroxylation is 1. The third-order valence-corrected chi connectivity index (χ3v) is 4.43. The minimum absolute atomic E-state index is 0.116. The number of nitrogens with zero attached hydrogens (tertiary/aromatic N) is 2. The van der Waals surface area contributed by atoms with E-state index in [1.807, 2.05) is 45.3 Å². The fourth-order valence-corrected chi connectivity index (χ4v) is 3.01. The molecule has 1 N–H and O–H groups in total. The van der Waals surface area contributed by atoms with E-state index in [-0.39, 0.29) is 5.91 Å². The number of rotatable bonds is 6. The van der Waals surface area contributed by atoms with Crippen molar-refractivity contribution in [1.82, 2.24) is 15.2 Å². The van der Waals surface area contributed by atoms with Gasteiger partial charge in [0.1, 0.15) is 5.75 Å². The Hall–Kier alpha value is -2.92. The molecule has 0 unspecified atom stereocenters. The van der Waals surface area contributed by atoms with Crippen LogP contribution < -0.4 is 10.1 Å². The van der Waals surface area contributed by atoms with Crippen LogP contribution in [0.3, 0.4) is 0 Å². The van der Waals surface area contributed by atoms with Gasteiger partial charge >= 0.3 is 0 Å². The van der Waals surface area contributed by atoms with E-state index in [1.54, 1.807) is 7.11 Å². The molecule has 0 atom stereocenters. The molecular weight excluding hydrogens is 338 g/mol. The van der Waals surface area contributed by atoms with Gasteiger partial charge in [-0.1, -0.05) is 24.3 Å². The molecule has 0 aliphatic heterocycles. The van der Waals surface area contributed by atoms with Crippen molar-refractivity contribution < 1.29 is 9.53 Å². The highest BCUT2D eigenvalue weighted by Gasteiger charge is 2.12. The molecule has 0 spiro atoms. The Morgan fingerprint density at radius 2 is 1.78 bits per heavy atom. The maximum absolute atomic E-state index is 12.6. The first-order valence-corrected chi connectivity index (χ1v) is 8.92. The molecule has 0 aliphatic rings. The number of hydrogen-bond donors (Lipinski definition) is 1. The number of aromatic nitrogens is 1. The molecule has 0 saturated carbocycles. The molecule has 5 nitrogen and oxygen atoms in total. The number of carbonyl (C=O) groups is 1. The lowest BCUT2D eigenvalue weighted by molar-refractivity contribution is 0.0950. The number of benzene rings is 2. The Kier molecular flexibility index (Phi) is 5.72. The maximum atomic E-state index is 12.6. The Morgan fingerprint density at radius 1 is 1.07 bits per heavy atom. The SMILES string of the molecule is COc1ccc2cc(C(=O)NCc3ccc(CN(C)C)cc3)c(C)nc2c1. The first kappa shape index (κ1) is 18.9. The number of nitrogens with one attached hydrogen (secondary N) is 1. The molecule has 0 saturated heterocycles. The number of amides is 1. The Labute approximate surface area is 160 Å². The van der Waals surface area contributed by atoms with Crippen molar-refractivity contribution in [3.63, 3.8) is 0 Å². The Balaban J connectivity index is 1.71. The van der Waals surface area contributed by atoms with Crippen LogP contribution in [0.2, 0.25) is 0 Å². The monoisotopic (exact) mass is 363 g/mol. The van der Waals surface area contributed by atoms with E-state index < -0.39 is 0 Å². The van der Waals surface area contributed by atoms with Crippen molar-refractivity contribution in [1.29, 1.82) is 0 Å². The van der Waals surface area contributed by atoms with Gasteiger partial charge in [0, 0.05) is 24.5 Å². The van der Waals surface area contributed by atoms with Crippen molar-refractivity contribution in [2.45, 2.75) is 20.0 Å². The van der Waals surface area contributed by atoms with Crippen LogP contribution in [0.15, 0.2) is 48.5 Å². The predicted octanol–water partition coefficient (Wildman–Crippen LogP) is 3.54. The minimum Gasteiger partial charge on any atom is -0.497 e. The van der Waals surface area contributed by atoms with Crippen LogP contribution >= 0.6 is 0 Å². The molecule has 27 heavy (non-hydrogen) atoms. The molecule has 3 aromatic rings. The van der Waals surface area contributed by atoms with Crippen LogP contribution in [0.1, 0.15) is 27.2 Å². The summed E-state index contributed by atoms with van der Waals surface area (Å²) >= 11 is 0. The molecule has 2 aromatic carbocycles. The average Bonchev–Trinajstić information content (AvgIpc) is 2.65. The Bertz CT molecular complexity index is 950. The topological polar surface area (TPSA) is 54.5 Å². The first-order valence-electron chi connectivity index (χ1n) is 8.92. The van der Waals surface area contributed by atoms with Gasteiger partial charge in [-0.25, -0.2) is 0 Å². The van der Waals surface area contributed by atoms with Crippen molar-refractivity contribution in [2.24, 2.45) is 0 Å². The second-order valence-corrected chi connectivity index (χ2v) is 6.92. The van der Waals surface area contributed by atoms with Crippen LogP contribution in [0, 0.1) is 6.92 Å². The van der Waals surface area contributed by atoms with Gasteiger partial charge < -0.3 is 15.0 Å². The lowest BCUT2D eigenvalue weighted by Gasteiger charge is -2.11. The van der Waals surface area contributed by atoms with Gasteiger partial charge in [-0.2, -0.15) is 0 Å². The van der Waals surface area contributed by atoms with E-state index >= 15 is 0 Å². The summed E-state index contributed by atoms with van der Waals surface area (Å²) in [5, 5.41) is 3.91. The molecule has 0 aliphatic carbocycles. The predicted molar refractivity (Wildman–Crippen MR) is 108 cm³/mol. The number of pyridine rings is 1. The van der Waals surface area contributed by atoms with Gasteiger partial charge in [0.2, 0.25) is 0 Å². The summed E-state index contributed by atoms with van der Waals surface area (Å²) in [4.78, 5) is 19.3. The summed E-state index contributed by atoms with van der Waals surface area (Å²) in [5.41, 5.74) is 4.44. The number of ether oxygens (including phenoxy) is 1. The third kappa shape index (κ3) is 4.63. The number of carbonyl (C=O) groups excluding carboxylic acids is 1. The minimum atomic E-state index is -0.116. The zero-order chi connectivity index (χ0) is 19.4. The van der Waals surface area contributed by atoms with Crippen molar-refractivity contribution in [3.05, 3.63) is 70.9 Å². The summed E-state index contributed by atoms with van der Waals surface area (Å²) in [6.07, 6.45) is 0. The summed E-state index contributed by atoms with van der Waals surface area (Å²) in [5.74, 6) is 0.638. The zero-order valence-corrected chi connectivity index (χ0v) is 16.2. The molecule has 0 fully saturated rings. The van der Waals surface area contributed by atoms with Gasteiger partial charge in [-0.3, -0.25) is 9.78 Å². The van der Waals surface area contributed by atoms with E-state index in [2.05, 4.69) is 39.5 Å². The highest BCUT2D eigenvalue weighted by molar-refractivity contribution is 5.98. The maximum Gasteiger partial charge on any atom is 0.253 e. The lowest BCUT2D eigenvalue weighted by atomic mass is 10.1. The number of hydrogen-bond acceptors (Lipinski definition) is 4. The third-order valence-electron chi connectivity index (χ3n) is 4.43. The highest BCUT2D eigenvalue weighted by atomic mass is 16.5. The fourth-order valence-electron chi connectivity index (χ4n) is 3.01. The zero-order valence-electron chi connectivity index (χ0n) is 16.2. The van der Waals surface area contributed by atoms with Crippen molar-refractivity contribution in [3.8, 4) is 5.75 Å². The molecule has 1 aromatic heterocycles. The van der Waals surface area contributed by atoms with E-state index in [0.717, 1.165) is 28.8 Å². The van der Waals surface area contributed by atoms with Crippen molar-refractivity contribution in [2.75, 3.05) is 21.2 Å². The summed E-state index contributed by atoms with van der Waals surface area (Å²) in [7, 11) is 5.72. The summed E-state index contributed by atoms with van der Waals surface area (Å²) in [6.45, 7) is 3.24. The van der Waals surface area contributed by atoms with Crippen LogP contribution in [0.5, 0.6) is 5.75 Å². The molecular formula is C22H25N3O2. The van der Waals surface area contributed by atoms with Gasteiger partial charge in [0.25, 0.3) is 5.91 Å².